The van der Waals surface area contributed by atoms with E-state index in [4.69, 9.17) is 14.5 Å². The molecule has 1 aliphatic heterocycles. The van der Waals surface area contributed by atoms with Gasteiger partial charge < -0.3 is 14.4 Å². The highest BCUT2D eigenvalue weighted by Gasteiger charge is 2.31. The third kappa shape index (κ3) is 6.06. The minimum atomic E-state index is -3.62. The fourth-order valence-corrected chi connectivity index (χ4v) is 7.74. The maximum absolute atomic E-state index is 13.9. The molecule has 1 aliphatic rings. The molecule has 9 nitrogen and oxygen atoms in total. The molecule has 0 unspecified atom stereocenters. The van der Waals surface area contributed by atoms with Crippen molar-refractivity contribution in [3.8, 4) is 11.5 Å². The lowest BCUT2D eigenvalue weighted by Gasteiger charge is -2.32. The monoisotopic (exact) mass is 574 g/mol. The highest BCUT2D eigenvalue weighted by molar-refractivity contribution is 7.89. The number of anilines is 1. The molecule has 212 valence electrons. The van der Waals surface area contributed by atoms with Crippen LogP contribution in [-0.4, -0.2) is 81.5 Å². The van der Waals surface area contributed by atoms with Crippen LogP contribution >= 0.6 is 11.3 Å². The van der Waals surface area contributed by atoms with Gasteiger partial charge in [0, 0.05) is 31.2 Å². The van der Waals surface area contributed by atoms with Crippen LogP contribution in [0.25, 0.3) is 10.2 Å². The second-order valence-corrected chi connectivity index (χ2v) is 12.5. The Bertz CT molecular complexity index is 1350. The molecule has 1 fully saturated rings. The number of piperidine rings is 1. The molecular formula is C28H38N4O5S2. The first-order valence-corrected chi connectivity index (χ1v) is 15.7. The van der Waals surface area contributed by atoms with Gasteiger partial charge in [-0.3, -0.25) is 9.69 Å². The average Bonchev–Trinajstić information content (AvgIpc) is 3.40. The van der Waals surface area contributed by atoms with E-state index in [0.717, 1.165) is 37.1 Å². The number of likely N-dealkylation sites (N-methyl/N-ethyl adjacent to an activating group) is 1. The molecule has 39 heavy (non-hydrogen) atoms. The van der Waals surface area contributed by atoms with Crippen LogP contribution in [0.2, 0.25) is 0 Å². The smallest absolute Gasteiger partial charge is 0.260 e. The van der Waals surface area contributed by atoms with Gasteiger partial charge in [0.25, 0.3) is 5.91 Å². The molecule has 1 aromatic heterocycles. The number of nitrogens with zero attached hydrogens (tertiary/aromatic N) is 4. The molecule has 0 N–H and O–H groups in total. The molecule has 4 rings (SSSR count). The van der Waals surface area contributed by atoms with Gasteiger partial charge in [-0.15, -0.1) is 0 Å². The summed E-state index contributed by atoms with van der Waals surface area (Å²) in [6.45, 7) is 9.47. The van der Waals surface area contributed by atoms with Gasteiger partial charge in [0.05, 0.1) is 19.1 Å². The number of hydrogen-bond acceptors (Lipinski definition) is 8. The molecule has 0 radical (unpaired) electrons. The van der Waals surface area contributed by atoms with Crippen molar-refractivity contribution in [2.75, 3.05) is 51.8 Å². The van der Waals surface area contributed by atoms with Crippen molar-refractivity contribution in [3.63, 3.8) is 0 Å². The summed E-state index contributed by atoms with van der Waals surface area (Å²) in [6, 6.07) is 9.87. The third-order valence-corrected chi connectivity index (χ3v) is 10.5. The lowest BCUT2D eigenvalue weighted by Crippen LogP contribution is -2.42. The number of carbonyl (C=O) groups is 1. The molecule has 1 amide bonds. The number of thiazole rings is 1. The third-order valence-electron chi connectivity index (χ3n) is 7.36. The normalized spacial score (nSPS) is 16.5. The summed E-state index contributed by atoms with van der Waals surface area (Å²) in [6.07, 6.45) is 2.75. The number of sulfonamides is 1. The van der Waals surface area contributed by atoms with Crippen LogP contribution in [0.1, 0.15) is 50.4 Å². The molecule has 0 bridgehead atoms. The topological polar surface area (TPSA) is 92.3 Å². The molecule has 3 aromatic rings. The SMILES string of the molecule is CCN(CC)CCN(C(=O)c1ccc(S(=O)(=O)N2CCCC[C@H]2C)cc1)c1nc2c(OC)ccc(OC)c2s1. The number of aromatic nitrogens is 1. The summed E-state index contributed by atoms with van der Waals surface area (Å²) in [5, 5.41) is 0.531. The number of rotatable bonds is 11. The molecule has 1 atom stereocenters. The molecule has 2 aromatic carbocycles. The number of hydrogen-bond donors (Lipinski definition) is 0. The highest BCUT2D eigenvalue weighted by Crippen LogP contribution is 2.40. The van der Waals surface area contributed by atoms with E-state index < -0.39 is 10.0 Å². The van der Waals surface area contributed by atoms with Crippen LogP contribution < -0.4 is 14.4 Å². The van der Waals surface area contributed by atoms with Crippen LogP contribution in [0.15, 0.2) is 41.3 Å². The second kappa shape index (κ2) is 12.6. The van der Waals surface area contributed by atoms with E-state index >= 15 is 0 Å². The van der Waals surface area contributed by atoms with E-state index in [2.05, 4.69) is 18.7 Å². The Morgan fingerprint density at radius 1 is 1.03 bits per heavy atom. The lowest BCUT2D eigenvalue weighted by atomic mass is 10.1. The number of carbonyl (C=O) groups excluding carboxylic acids is 1. The Morgan fingerprint density at radius 3 is 2.31 bits per heavy atom. The van der Waals surface area contributed by atoms with E-state index in [1.807, 2.05) is 13.0 Å². The van der Waals surface area contributed by atoms with Gasteiger partial charge in [-0.1, -0.05) is 31.6 Å². The van der Waals surface area contributed by atoms with E-state index in [1.54, 1.807) is 41.6 Å². The van der Waals surface area contributed by atoms with E-state index in [0.29, 0.717) is 47.3 Å². The zero-order valence-electron chi connectivity index (χ0n) is 23.3. The van der Waals surface area contributed by atoms with Crippen molar-refractivity contribution >= 4 is 42.6 Å². The Hall–Kier alpha value is -2.73. The van der Waals surface area contributed by atoms with E-state index in [1.165, 1.54) is 23.5 Å². The summed E-state index contributed by atoms with van der Waals surface area (Å²) in [5.74, 6) is 1.02. The quantitative estimate of drug-likeness (QED) is 0.323. The summed E-state index contributed by atoms with van der Waals surface area (Å²) in [5.41, 5.74) is 1.04. The van der Waals surface area contributed by atoms with E-state index in [-0.39, 0.29) is 16.8 Å². The van der Waals surface area contributed by atoms with Crippen molar-refractivity contribution < 1.29 is 22.7 Å². The van der Waals surface area contributed by atoms with Gasteiger partial charge >= 0.3 is 0 Å². The minimum Gasteiger partial charge on any atom is -0.495 e. The van der Waals surface area contributed by atoms with Gasteiger partial charge in [0.2, 0.25) is 10.0 Å². The number of methoxy groups -OCH3 is 2. The van der Waals surface area contributed by atoms with Crippen molar-refractivity contribution in [1.29, 1.82) is 0 Å². The van der Waals surface area contributed by atoms with Crippen LogP contribution in [0.5, 0.6) is 11.5 Å². The van der Waals surface area contributed by atoms with Gasteiger partial charge in [0.15, 0.2) is 5.13 Å². The van der Waals surface area contributed by atoms with Crippen LogP contribution in [0.4, 0.5) is 5.13 Å². The Kier molecular flexibility index (Phi) is 9.47. The Balaban J connectivity index is 1.68. The molecule has 1 saturated heterocycles. The van der Waals surface area contributed by atoms with Crippen LogP contribution in [-0.2, 0) is 10.0 Å². The molecule has 0 aliphatic carbocycles. The van der Waals surface area contributed by atoms with Gasteiger partial charge in [-0.2, -0.15) is 4.31 Å². The van der Waals surface area contributed by atoms with Crippen LogP contribution in [0, 0.1) is 0 Å². The number of fused-ring (bicyclic) bond motifs is 1. The Labute approximate surface area is 235 Å². The molecule has 0 saturated carbocycles. The predicted molar refractivity (Wildman–Crippen MR) is 156 cm³/mol. The zero-order valence-corrected chi connectivity index (χ0v) is 25.0. The maximum atomic E-state index is 13.9. The predicted octanol–water partition coefficient (Wildman–Crippen LogP) is 4.87. The van der Waals surface area contributed by atoms with Crippen LogP contribution in [0.3, 0.4) is 0 Å². The summed E-state index contributed by atoms with van der Waals surface area (Å²) in [4.78, 5) is 22.8. The second-order valence-electron chi connectivity index (χ2n) is 9.61. The highest BCUT2D eigenvalue weighted by atomic mass is 32.2. The fraction of sp³-hybridized carbons (Fsp3) is 0.500. The minimum absolute atomic E-state index is 0.0337. The van der Waals surface area contributed by atoms with Crippen molar-refractivity contribution in [1.82, 2.24) is 14.2 Å². The van der Waals surface area contributed by atoms with E-state index in [9.17, 15) is 13.2 Å². The van der Waals surface area contributed by atoms with Crippen molar-refractivity contribution in [2.24, 2.45) is 0 Å². The fourth-order valence-electron chi connectivity index (χ4n) is 4.94. The molecule has 11 heteroatoms. The molecule has 0 spiro atoms. The first-order chi connectivity index (χ1) is 18.7. The largest absolute Gasteiger partial charge is 0.495 e. The lowest BCUT2D eigenvalue weighted by molar-refractivity contribution is 0.0983. The first kappa shape index (κ1) is 29.3. The summed E-state index contributed by atoms with van der Waals surface area (Å²) < 4.78 is 40.0. The maximum Gasteiger partial charge on any atom is 0.260 e. The van der Waals surface area contributed by atoms with Gasteiger partial charge in [-0.25, -0.2) is 13.4 Å². The van der Waals surface area contributed by atoms with Crippen molar-refractivity contribution in [2.45, 2.75) is 51.0 Å². The standard InChI is InChI=1S/C28H38N4O5S2/c1-6-30(7-2)18-19-31(28-29-25-23(36-4)15-16-24(37-5)26(25)38-28)27(33)21-11-13-22(14-12-21)39(34,35)32-17-9-8-10-20(32)3/h11-16,20H,6-10,17-19H2,1-5H3/t20-/m1/s1. The van der Waals surface area contributed by atoms with Gasteiger partial charge in [0.1, 0.15) is 21.7 Å². The summed E-state index contributed by atoms with van der Waals surface area (Å²) in [7, 11) is -0.435. The number of ether oxygens (including phenoxy) is 2. The zero-order chi connectivity index (χ0) is 28.2. The number of amides is 1. The number of benzene rings is 2. The Morgan fingerprint density at radius 2 is 1.69 bits per heavy atom. The van der Waals surface area contributed by atoms with Crippen molar-refractivity contribution in [3.05, 3.63) is 42.0 Å². The summed E-state index contributed by atoms with van der Waals surface area (Å²) >= 11 is 1.37. The first-order valence-electron chi connectivity index (χ1n) is 13.4. The molecule has 2 heterocycles. The molecular weight excluding hydrogens is 536 g/mol. The van der Waals surface area contributed by atoms with Gasteiger partial charge in [-0.05, 0) is 69.3 Å². The average molecular weight is 575 g/mol.